The molecule has 1 heterocycles. The molecule has 4 N–H and O–H groups in total. The standard InChI is InChI=1S/C13H14N2OS/c14-11(8-13(15)16)9-3-5-10(6-4-9)12-2-1-7-17-12/h1-7,11H,8,14H2,(H2,15,16). The summed E-state index contributed by atoms with van der Waals surface area (Å²) in [5.74, 6) is -0.375. The van der Waals surface area contributed by atoms with E-state index in [0.29, 0.717) is 0 Å². The Morgan fingerprint density at radius 3 is 2.47 bits per heavy atom. The number of rotatable bonds is 4. The van der Waals surface area contributed by atoms with Gasteiger partial charge in [-0.2, -0.15) is 0 Å². The van der Waals surface area contributed by atoms with Gasteiger partial charge >= 0.3 is 0 Å². The SMILES string of the molecule is NC(=O)CC(N)c1ccc(-c2cccs2)cc1. The summed E-state index contributed by atoms with van der Waals surface area (Å²) in [6.07, 6.45) is 0.179. The molecular formula is C13H14N2OS. The van der Waals surface area contributed by atoms with Gasteiger partial charge in [-0.15, -0.1) is 11.3 Å². The normalized spacial score (nSPS) is 12.3. The van der Waals surface area contributed by atoms with Crippen molar-refractivity contribution in [2.75, 3.05) is 0 Å². The second-order valence-electron chi connectivity index (χ2n) is 3.88. The summed E-state index contributed by atoms with van der Waals surface area (Å²) in [4.78, 5) is 12.0. The van der Waals surface area contributed by atoms with E-state index in [1.54, 1.807) is 11.3 Å². The van der Waals surface area contributed by atoms with Crippen molar-refractivity contribution in [2.45, 2.75) is 12.5 Å². The van der Waals surface area contributed by atoms with Crippen LogP contribution in [0.4, 0.5) is 0 Å². The third kappa shape index (κ3) is 2.93. The van der Waals surface area contributed by atoms with Crippen LogP contribution in [-0.4, -0.2) is 5.91 Å². The van der Waals surface area contributed by atoms with Gasteiger partial charge in [0.2, 0.25) is 5.91 Å². The molecule has 0 aliphatic carbocycles. The molecule has 0 aliphatic rings. The molecule has 1 aromatic carbocycles. The maximum atomic E-state index is 10.8. The number of hydrogen-bond donors (Lipinski definition) is 2. The molecule has 3 nitrogen and oxygen atoms in total. The Morgan fingerprint density at radius 1 is 1.24 bits per heavy atom. The lowest BCUT2D eigenvalue weighted by atomic mass is 10.0. The van der Waals surface area contributed by atoms with Gasteiger partial charge in [-0.05, 0) is 22.6 Å². The van der Waals surface area contributed by atoms with Gasteiger partial charge in [-0.3, -0.25) is 4.79 Å². The van der Waals surface area contributed by atoms with E-state index in [9.17, 15) is 4.79 Å². The first-order valence-electron chi connectivity index (χ1n) is 5.34. The lowest BCUT2D eigenvalue weighted by Crippen LogP contribution is -2.20. The molecule has 2 rings (SSSR count). The zero-order valence-corrected chi connectivity index (χ0v) is 10.1. The number of carbonyl (C=O) groups is 1. The monoisotopic (exact) mass is 246 g/mol. The highest BCUT2D eigenvalue weighted by molar-refractivity contribution is 7.13. The van der Waals surface area contributed by atoms with E-state index >= 15 is 0 Å². The van der Waals surface area contributed by atoms with Gasteiger partial charge in [0.1, 0.15) is 0 Å². The molecule has 0 saturated carbocycles. The van der Waals surface area contributed by atoms with Crippen LogP contribution in [0.3, 0.4) is 0 Å². The summed E-state index contributed by atoms with van der Waals surface area (Å²) < 4.78 is 0. The van der Waals surface area contributed by atoms with Gasteiger partial charge < -0.3 is 11.5 Å². The van der Waals surface area contributed by atoms with Crippen LogP contribution in [0.5, 0.6) is 0 Å². The average molecular weight is 246 g/mol. The molecule has 0 fully saturated rings. The van der Waals surface area contributed by atoms with Gasteiger partial charge in [0.15, 0.2) is 0 Å². The second kappa shape index (κ2) is 5.12. The first kappa shape index (κ1) is 11.8. The molecule has 0 aliphatic heterocycles. The fraction of sp³-hybridized carbons (Fsp3) is 0.154. The van der Waals surface area contributed by atoms with E-state index < -0.39 is 0 Å². The van der Waals surface area contributed by atoms with E-state index in [-0.39, 0.29) is 18.4 Å². The highest BCUT2D eigenvalue weighted by Crippen LogP contribution is 2.26. The van der Waals surface area contributed by atoms with Crippen LogP contribution >= 0.6 is 11.3 Å². The van der Waals surface area contributed by atoms with Crippen molar-refractivity contribution >= 4 is 17.2 Å². The molecule has 1 atom stereocenters. The highest BCUT2D eigenvalue weighted by Gasteiger charge is 2.09. The highest BCUT2D eigenvalue weighted by atomic mass is 32.1. The lowest BCUT2D eigenvalue weighted by Gasteiger charge is -2.10. The minimum absolute atomic E-state index is 0.179. The predicted molar refractivity (Wildman–Crippen MR) is 70.5 cm³/mol. The molecule has 2 aromatic rings. The Kier molecular flexibility index (Phi) is 3.56. The topological polar surface area (TPSA) is 69.1 Å². The van der Waals surface area contributed by atoms with Crippen molar-refractivity contribution in [3.63, 3.8) is 0 Å². The summed E-state index contributed by atoms with van der Waals surface area (Å²) >= 11 is 1.70. The van der Waals surface area contributed by atoms with Crippen LogP contribution < -0.4 is 11.5 Å². The first-order chi connectivity index (χ1) is 8.16. The molecule has 1 amide bonds. The summed E-state index contributed by atoms with van der Waals surface area (Å²) in [6, 6.07) is 11.7. The predicted octanol–water partition coefficient (Wildman–Crippen LogP) is 2.29. The van der Waals surface area contributed by atoms with Crippen molar-refractivity contribution in [3.8, 4) is 10.4 Å². The Balaban J connectivity index is 2.15. The third-order valence-corrected chi connectivity index (χ3v) is 3.48. The Labute approximate surface area is 104 Å². The summed E-state index contributed by atoms with van der Waals surface area (Å²) in [7, 11) is 0. The number of nitrogens with two attached hydrogens (primary N) is 2. The fourth-order valence-corrected chi connectivity index (χ4v) is 2.41. The number of benzene rings is 1. The minimum Gasteiger partial charge on any atom is -0.370 e. The number of primary amides is 1. The maximum absolute atomic E-state index is 10.8. The van der Waals surface area contributed by atoms with Crippen LogP contribution in [0.15, 0.2) is 41.8 Å². The molecule has 0 saturated heterocycles. The van der Waals surface area contributed by atoms with Crippen LogP contribution in [0.1, 0.15) is 18.0 Å². The van der Waals surface area contributed by atoms with Crippen molar-refractivity contribution in [1.82, 2.24) is 0 Å². The number of hydrogen-bond acceptors (Lipinski definition) is 3. The van der Waals surface area contributed by atoms with Crippen LogP contribution in [0, 0.1) is 0 Å². The van der Waals surface area contributed by atoms with E-state index in [4.69, 9.17) is 11.5 Å². The smallest absolute Gasteiger partial charge is 0.219 e. The zero-order chi connectivity index (χ0) is 12.3. The van der Waals surface area contributed by atoms with Crippen LogP contribution in [0.25, 0.3) is 10.4 Å². The molecule has 1 aromatic heterocycles. The molecule has 0 spiro atoms. The summed E-state index contributed by atoms with van der Waals surface area (Å²) in [6.45, 7) is 0. The Bertz CT molecular complexity index is 491. The van der Waals surface area contributed by atoms with Gasteiger partial charge in [-0.1, -0.05) is 30.3 Å². The number of amides is 1. The fourth-order valence-electron chi connectivity index (χ4n) is 1.67. The third-order valence-electron chi connectivity index (χ3n) is 2.57. The Hall–Kier alpha value is -1.65. The molecule has 1 unspecified atom stereocenters. The molecule has 0 bridgehead atoms. The second-order valence-corrected chi connectivity index (χ2v) is 4.82. The quantitative estimate of drug-likeness (QED) is 0.869. The summed E-state index contributed by atoms with van der Waals surface area (Å²) in [5, 5.41) is 2.04. The van der Waals surface area contributed by atoms with Gasteiger partial charge in [0, 0.05) is 17.3 Å². The largest absolute Gasteiger partial charge is 0.370 e. The molecule has 0 radical (unpaired) electrons. The Morgan fingerprint density at radius 2 is 1.94 bits per heavy atom. The zero-order valence-electron chi connectivity index (χ0n) is 9.30. The molecule has 4 heteroatoms. The van der Waals surface area contributed by atoms with Crippen molar-refractivity contribution in [1.29, 1.82) is 0 Å². The van der Waals surface area contributed by atoms with Crippen molar-refractivity contribution < 1.29 is 4.79 Å². The van der Waals surface area contributed by atoms with E-state index in [0.717, 1.165) is 11.1 Å². The molecule has 88 valence electrons. The van der Waals surface area contributed by atoms with Gasteiger partial charge in [0.25, 0.3) is 0 Å². The van der Waals surface area contributed by atoms with Crippen LogP contribution in [-0.2, 0) is 4.79 Å². The van der Waals surface area contributed by atoms with Crippen molar-refractivity contribution in [2.24, 2.45) is 11.5 Å². The van der Waals surface area contributed by atoms with E-state index in [1.807, 2.05) is 35.7 Å². The lowest BCUT2D eigenvalue weighted by molar-refractivity contribution is -0.118. The average Bonchev–Trinajstić information content (AvgIpc) is 2.82. The summed E-state index contributed by atoms with van der Waals surface area (Å²) in [5.41, 5.74) is 13.1. The number of carbonyl (C=O) groups excluding carboxylic acids is 1. The molecule has 17 heavy (non-hydrogen) atoms. The van der Waals surface area contributed by atoms with Crippen LogP contribution in [0.2, 0.25) is 0 Å². The maximum Gasteiger partial charge on any atom is 0.219 e. The van der Waals surface area contributed by atoms with Gasteiger partial charge in [0.05, 0.1) is 0 Å². The van der Waals surface area contributed by atoms with E-state index in [2.05, 4.69) is 6.07 Å². The van der Waals surface area contributed by atoms with Crippen molar-refractivity contribution in [3.05, 3.63) is 47.3 Å². The minimum atomic E-state index is -0.375. The number of thiophene rings is 1. The van der Waals surface area contributed by atoms with E-state index in [1.165, 1.54) is 4.88 Å². The van der Waals surface area contributed by atoms with Gasteiger partial charge in [-0.25, -0.2) is 0 Å². The molecular weight excluding hydrogens is 232 g/mol. The first-order valence-corrected chi connectivity index (χ1v) is 6.22.